The Balaban J connectivity index is 1.98. The molecule has 1 heteroatoms. The molecule has 4 rings (SSSR count). The number of likely N-dealkylation sites (N-methyl/N-ethyl adjacent to an activating group) is 1. The summed E-state index contributed by atoms with van der Waals surface area (Å²) < 4.78 is 0. The third-order valence-electron chi connectivity index (χ3n) is 4.13. The zero-order valence-corrected chi connectivity index (χ0v) is 10.6. The molecule has 1 aliphatic heterocycles. The number of hydrogen-bond donors (Lipinski definition) is 0. The normalized spacial score (nSPS) is 19.3. The molecule has 0 aromatic heterocycles. The van der Waals surface area contributed by atoms with E-state index in [4.69, 9.17) is 0 Å². The van der Waals surface area contributed by atoms with Crippen LogP contribution in [0.15, 0.2) is 42.5 Å². The van der Waals surface area contributed by atoms with Gasteiger partial charge in [0.05, 0.1) is 6.04 Å². The lowest BCUT2D eigenvalue weighted by atomic mass is 10.0. The predicted molar refractivity (Wildman–Crippen MR) is 76.6 cm³/mol. The highest BCUT2D eigenvalue weighted by Gasteiger charge is 2.36. The third-order valence-corrected chi connectivity index (χ3v) is 4.13. The molecule has 0 spiro atoms. The molecule has 1 unspecified atom stereocenters. The molecular weight excluding hydrogens is 218 g/mol. The van der Waals surface area contributed by atoms with E-state index in [1.165, 1.54) is 33.5 Å². The number of nitrogens with zero attached hydrogens (tertiary/aromatic N) is 1. The topological polar surface area (TPSA) is 3.24 Å². The molecule has 1 heterocycles. The first-order valence-electron chi connectivity index (χ1n) is 6.40. The highest BCUT2D eigenvalue weighted by Crippen LogP contribution is 2.52. The smallest absolute Gasteiger partial charge is 0.0805 e. The van der Waals surface area contributed by atoms with Crippen molar-refractivity contribution in [1.29, 1.82) is 0 Å². The highest BCUT2D eigenvalue weighted by molar-refractivity contribution is 6.00. The number of fused-ring (bicyclic) bond motifs is 5. The summed E-state index contributed by atoms with van der Waals surface area (Å²) in [5.41, 5.74) is 8.35. The van der Waals surface area contributed by atoms with Crippen molar-refractivity contribution in [3.63, 3.8) is 0 Å². The Morgan fingerprint density at radius 2 is 1.89 bits per heavy atom. The molecule has 88 valence electrons. The van der Waals surface area contributed by atoms with Gasteiger partial charge in [0.1, 0.15) is 0 Å². The van der Waals surface area contributed by atoms with Gasteiger partial charge in [-0.2, -0.15) is 0 Å². The zero-order chi connectivity index (χ0) is 12.3. The Kier molecular flexibility index (Phi) is 1.80. The molecule has 0 saturated heterocycles. The van der Waals surface area contributed by atoms with Gasteiger partial charge >= 0.3 is 0 Å². The van der Waals surface area contributed by atoms with Crippen molar-refractivity contribution >= 4 is 17.3 Å². The summed E-state index contributed by atoms with van der Waals surface area (Å²) >= 11 is 0. The number of aryl methyl sites for hydroxylation is 1. The van der Waals surface area contributed by atoms with Crippen LogP contribution in [0.2, 0.25) is 0 Å². The first-order valence-corrected chi connectivity index (χ1v) is 6.40. The van der Waals surface area contributed by atoms with Crippen LogP contribution in [0.25, 0.3) is 11.6 Å². The fraction of sp³-hybridized carbons (Fsp3) is 0.176. The van der Waals surface area contributed by atoms with Gasteiger partial charge in [-0.05, 0) is 41.8 Å². The van der Waals surface area contributed by atoms with Gasteiger partial charge in [-0.25, -0.2) is 0 Å². The van der Waals surface area contributed by atoms with Gasteiger partial charge in [0.25, 0.3) is 0 Å². The third kappa shape index (κ3) is 1.11. The molecule has 2 aromatic carbocycles. The van der Waals surface area contributed by atoms with Crippen LogP contribution in [0, 0.1) is 6.92 Å². The van der Waals surface area contributed by atoms with Crippen LogP contribution >= 0.6 is 0 Å². The van der Waals surface area contributed by atoms with Crippen LogP contribution in [-0.4, -0.2) is 7.05 Å². The minimum Gasteiger partial charge on any atom is -0.363 e. The van der Waals surface area contributed by atoms with Gasteiger partial charge in [-0.3, -0.25) is 0 Å². The number of anilines is 1. The monoisotopic (exact) mass is 233 g/mol. The second-order valence-corrected chi connectivity index (χ2v) is 5.26. The summed E-state index contributed by atoms with van der Waals surface area (Å²) in [4.78, 5) is 2.40. The molecule has 0 fully saturated rings. The molecule has 18 heavy (non-hydrogen) atoms. The Labute approximate surface area is 107 Å². The van der Waals surface area contributed by atoms with Crippen LogP contribution in [0.1, 0.15) is 28.3 Å². The molecular formula is C17H15N. The van der Waals surface area contributed by atoms with Gasteiger partial charge < -0.3 is 4.90 Å². The van der Waals surface area contributed by atoms with E-state index in [0.717, 1.165) is 0 Å². The number of rotatable bonds is 0. The minimum absolute atomic E-state index is 0.415. The fourth-order valence-electron chi connectivity index (χ4n) is 3.28. The molecule has 0 amide bonds. The van der Waals surface area contributed by atoms with E-state index in [-0.39, 0.29) is 0 Å². The van der Waals surface area contributed by atoms with Crippen LogP contribution in [0.4, 0.5) is 5.69 Å². The maximum atomic E-state index is 2.40. The average Bonchev–Trinajstić information content (AvgIpc) is 2.87. The lowest BCUT2D eigenvalue weighted by Gasteiger charge is -2.22. The van der Waals surface area contributed by atoms with Crippen molar-refractivity contribution in [1.82, 2.24) is 0 Å². The summed E-state index contributed by atoms with van der Waals surface area (Å²) in [5, 5.41) is 0. The highest BCUT2D eigenvalue weighted by atomic mass is 15.2. The SMILES string of the molecule is Cc1ccc2c(c1)C1=Cc3ccccc3C1N2C. The lowest BCUT2D eigenvalue weighted by molar-refractivity contribution is 0.870. The molecule has 0 radical (unpaired) electrons. The summed E-state index contributed by atoms with van der Waals surface area (Å²) in [5.74, 6) is 0. The zero-order valence-electron chi connectivity index (χ0n) is 10.6. The van der Waals surface area contributed by atoms with Crippen molar-refractivity contribution in [3.8, 4) is 0 Å². The van der Waals surface area contributed by atoms with Gasteiger partial charge in [-0.15, -0.1) is 0 Å². The van der Waals surface area contributed by atoms with E-state index in [0.29, 0.717) is 6.04 Å². The van der Waals surface area contributed by atoms with Gasteiger partial charge in [0.2, 0.25) is 0 Å². The first-order chi connectivity index (χ1) is 8.75. The quantitative estimate of drug-likeness (QED) is 0.663. The van der Waals surface area contributed by atoms with Crippen LogP contribution in [-0.2, 0) is 0 Å². The van der Waals surface area contributed by atoms with Crippen molar-refractivity contribution in [2.45, 2.75) is 13.0 Å². The molecule has 2 aliphatic rings. The van der Waals surface area contributed by atoms with E-state index in [1.54, 1.807) is 0 Å². The van der Waals surface area contributed by atoms with Crippen molar-refractivity contribution in [2.75, 3.05) is 11.9 Å². The standard InChI is InChI=1S/C17H15N/c1-11-7-8-16-14(9-11)15-10-12-5-3-4-6-13(12)17(15)18(16)2/h3-10,17H,1-2H3. The lowest BCUT2D eigenvalue weighted by Crippen LogP contribution is -2.17. The maximum Gasteiger partial charge on any atom is 0.0805 e. The summed E-state index contributed by atoms with van der Waals surface area (Å²) in [6.07, 6.45) is 2.35. The molecule has 1 aliphatic carbocycles. The van der Waals surface area contributed by atoms with E-state index < -0.39 is 0 Å². The van der Waals surface area contributed by atoms with Crippen LogP contribution < -0.4 is 4.90 Å². The summed E-state index contributed by atoms with van der Waals surface area (Å²) in [6.45, 7) is 2.16. The minimum atomic E-state index is 0.415. The van der Waals surface area contributed by atoms with Crippen molar-refractivity contribution in [3.05, 3.63) is 64.7 Å². The first kappa shape index (κ1) is 9.95. The molecule has 0 saturated carbocycles. The van der Waals surface area contributed by atoms with E-state index in [1.807, 2.05) is 0 Å². The van der Waals surface area contributed by atoms with Gasteiger partial charge in [0.15, 0.2) is 0 Å². The van der Waals surface area contributed by atoms with Crippen LogP contribution in [0.5, 0.6) is 0 Å². The second kappa shape index (κ2) is 3.26. The number of hydrogen-bond acceptors (Lipinski definition) is 1. The van der Waals surface area contributed by atoms with E-state index in [9.17, 15) is 0 Å². The maximum absolute atomic E-state index is 2.40. The number of benzene rings is 2. The predicted octanol–water partition coefficient (Wildman–Crippen LogP) is 4.04. The van der Waals surface area contributed by atoms with Gasteiger partial charge in [0, 0.05) is 18.3 Å². The molecule has 0 bridgehead atoms. The molecule has 2 aromatic rings. The average molecular weight is 233 g/mol. The largest absolute Gasteiger partial charge is 0.363 e. The van der Waals surface area contributed by atoms with Crippen molar-refractivity contribution in [2.24, 2.45) is 0 Å². The molecule has 1 atom stereocenters. The molecule has 1 nitrogen and oxygen atoms in total. The summed E-state index contributed by atoms with van der Waals surface area (Å²) in [6, 6.07) is 15.9. The Hall–Kier alpha value is -2.02. The molecule has 0 N–H and O–H groups in total. The fourth-order valence-corrected chi connectivity index (χ4v) is 3.28. The Morgan fingerprint density at radius 3 is 2.78 bits per heavy atom. The van der Waals surface area contributed by atoms with E-state index in [2.05, 4.69) is 67.4 Å². The second-order valence-electron chi connectivity index (χ2n) is 5.26. The van der Waals surface area contributed by atoms with E-state index >= 15 is 0 Å². The van der Waals surface area contributed by atoms with Gasteiger partial charge in [-0.1, -0.05) is 35.9 Å². The Morgan fingerprint density at radius 1 is 1.06 bits per heavy atom. The summed E-state index contributed by atoms with van der Waals surface area (Å²) in [7, 11) is 2.20. The Bertz CT molecular complexity index is 682. The van der Waals surface area contributed by atoms with Crippen molar-refractivity contribution < 1.29 is 0 Å². The van der Waals surface area contributed by atoms with Crippen LogP contribution in [0.3, 0.4) is 0 Å².